The second-order valence-electron chi connectivity index (χ2n) is 37.2. The second kappa shape index (κ2) is 49.7. The third kappa shape index (κ3) is 32.2. The average Bonchev–Trinajstić information content (AvgIpc) is 1.56. The first-order valence-corrected chi connectivity index (χ1v) is 57.9. The number of anilines is 2. The molecule has 0 amide bonds. The van der Waals surface area contributed by atoms with E-state index in [1.54, 1.807) is 90.0 Å². The molecule has 3 fully saturated rings. The van der Waals surface area contributed by atoms with E-state index in [-0.39, 0.29) is 64.5 Å². The molecule has 22 atom stereocenters. The molecule has 0 aliphatic carbocycles. The van der Waals surface area contributed by atoms with E-state index in [2.05, 4.69) is 80.7 Å². The van der Waals surface area contributed by atoms with Gasteiger partial charge in [0.25, 0.3) is 45.1 Å². The van der Waals surface area contributed by atoms with Crippen LogP contribution < -0.4 is 41.6 Å². The van der Waals surface area contributed by atoms with E-state index in [1.807, 2.05) is 6.92 Å². The second-order valence-corrected chi connectivity index (χ2v) is 50.8. The van der Waals surface area contributed by atoms with Crippen LogP contribution in [0.25, 0.3) is 33.5 Å². The quantitative estimate of drug-likeness (QED) is 0.00578. The van der Waals surface area contributed by atoms with Crippen LogP contribution in [0.15, 0.2) is 25.3 Å². The number of hydrogen-bond acceptors (Lipinski definition) is 38. The van der Waals surface area contributed by atoms with Gasteiger partial charge in [-0.3, -0.25) is 69.9 Å². The molecular formula is C83H140ClF5N20O27P6. The molecule has 142 heavy (non-hydrogen) atoms. The number of carbonyl (C=O) groups excluding carboxylic acids is 6. The van der Waals surface area contributed by atoms with Gasteiger partial charge in [0.05, 0.1) is 135 Å². The number of nitrogens with zero attached hydrogens (tertiary/aromatic N) is 12. The molecule has 9 unspecified atom stereocenters. The molecule has 0 spiro atoms. The highest BCUT2D eigenvalue weighted by atomic mass is 35.5. The summed E-state index contributed by atoms with van der Waals surface area (Å²) in [6, 6.07) is -6.20. The topological polar surface area (TPSA) is 584 Å². The summed E-state index contributed by atoms with van der Waals surface area (Å²) in [6.45, 7) is 41.1. The highest BCUT2D eigenvalue weighted by molar-refractivity contribution is 7.57. The molecule has 3 aliphatic rings. The van der Waals surface area contributed by atoms with Gasteiger partial charge in [-0.1, -0.05) is 14.4 Å². The fourth-order valence-corrected chi connectivity index (χ4v) is 22.7. The van der Waals surface area contributed by atoms with E-state index in [4.69, 9.17) is 87.1 Å². The molecule has 806 valence electrons. The van der Waals surface area contributed by atoms with Crippen molar-refractivity contribution in [2.45, 2.75) is 301 Å². The van der Waals surface area contributed by atoms with Crippen molar-refractivity contribution in [3.05, 3.63) is 42.1 Å². The van der Waals surface area contributed by atoms with Crippen molar-refractivity contribution in [2.24, 2.45) is 16.2 Å². The van der Waals surface area contributed by atoms with Gasteiger partial charge < -0.3 is 80.8 Å². The SMILES string of the molecule is C.CCNc1ncnc2c1ncn2[C@@H]1O[C@H](COP(C)(=O)N[C@@H](C)C(=O)OC(C)C)C(C)(COP(C)(=O)N[C@@H](C)C(=O)OC(C)C)C1(F)F.Cc1nc(Cl)nc2c1ncn2[C@H]1O[C@H](COP(C)(=O)N[C@@H](C)C(=O)OC(C)C)C(C)(COP(C)(=O)N[C@@H](C)C(=O)OC(C)C)[C@H]1F.Cc1nc(N)c2ncn([C@@H]3O[C@H](COP(C)(=O)N[C@@H](C)C(=O)OC(C)C)C(C)(COP(C)(=O)N[C@@H](C)C(=O)OC(C)C)C3(F)F)c2n1. The lowest BCUT2D eigenvalue weighted by Crippen LogP contribution is -2.48. The van der Waals surface area contributed by atoms with E-state index in [1.165, 1.54) is 99.3 Å². The molecule has 0 bridgehead atoms. The largest absolute Gasteiger partial charge is 0.462 e. The number of aryl methyl sites for hydroxylation is 2. The molecular weight excluding hydrogens is 2030 g/mol. The first kappa shape index (κ1) is 123. The Kier molecular flexibility index (Phi) is 43.2. The van der Waals surface area contributed by atoms with Crippen molar-refractivity contribution >= 4 is 138 Å². The minimum Gasteiger partial charge on any atom is -0.462 e. The molecule has 0 radical (unpaired) electrons. The van der Waals surface area contributed by atoms with Gasteiger partial charge in [-0.25, -0.2) is 92.3 Å². The Labute approximate surface area is 827 Å². The van der Waals surface area contributed by atoms with Gasteiger partial charge in [-0.2, -0.15) is 4.98 Å². The number of ether oxygens (including phenoxy) is 9. The number of nitrogens with one attached hydrogen (secondary N) is 7. The van der Waals surface area contributed by atoms with E-state index in [0.29, 0.717) is 23.6 Å². The minimum absolute atomic E-state index is 0. The zero-order valence-electron chi connectivity index (χ0n) is 84.6. The molecule has 3 saturated heterocycles. The zero-order chi connectivity index (χ0) is 107. The molecule has 47 nitrogen and oxygen atoms in total. The number of carbonyl (C=O) groups is 6. The van der Waals surface area contributed by atoms with Crippen LogP contribution in [0.1, 0.15) is 190 Å². The highest BCUT2D eigenvalue weighted by Crippen LogP contribution is 2.61. The molecule has 6 aromatic rings. The highest BCUT2D eigenvalue weighted by Gasteiger charge is 2.70. The van der Waals surface area contributed by atoms with Gasteiger partial charge >= 0.3 is 47.7 Å². The van der Waals surface area contributed by atoms with Crippen molar-refractivity contribution in [1.29, 1.82) is 0 Å². The van der Waals surface area contributed by atoms with E-state index in [0.717, 1.165) is 49.0 Å². The summed E-state index contributed by atoms with van der Waals surface area (Å²) in [6.07, 6.45) is -9.10. The van der Waals surface area contributed by atoms with E-state index >= 15 is 22.0 Å². The van der Waals surface area contributed by atoms with Crippen LogP contribution in [-0.4, -0.2) is 290 Å². The zero-order valence-corrected chi connectivity index (χ0v) is 90.8. The normalized spacial score (nSPS) is 24.9. The summed E-state index contributed by atoms with van der Waals surface area (Å²) < 4.78 is 250. The summed E-state index contributed by atoms with van der Waals surface area (Å²) in [5, 5.41) is 18.4. The van der Waals surface area contributed by atoms with Gasteiger partial charge in [0, 0.05) is 46.5 Å². The Morgan fingerprint density at radius 3 is 1.09 bits per heavy atom. The van der Waals surface area contributed by atoms with Crippen LogP contribution >= 0.6 is 56.7 Å². The number of imidazole rings is 3. The van der Waals surface area contributed by atoms with Crippen molar-refractivity contribution in [3.63, 3.8) is 0 Å². The smallest absolute Gasteiger partial charge is 0.323 e. The Morgan fingerprint density at radius 2 is 0.739 bits per heavy atom. The van der Waals surface area contributed by atoms with Crippen LogP contribution in [0.4, 0.5) is 33.6 Å². The van der Waals surface area contributed by atoms with Crippen molar-refractivity contribution < 1.29 is 148 Å². The summed E-state index contributed by atoms with van der Waals surface area (Å²) in [5.74, 6) is -11.1. The molecule has 59 heteroatoms. The van der Waals surface area contributed by atoms with Crippen molar-refractivity contribution in [3.8, 4) is 0 Å². The standard InChI is InChI=1S/C28H47F2N7O9P2.C27H44ClFN6O9P2.C27H45F2N7O9P2.CH4/c1-11-31-22-21-23(33-14-32-22)37(15-34-21)26-28(29,30)27(8,13-43-48(10,41)36-19(7)25(39)45-17(4)5)20(46-26)12-42-47(9,40)35-18(6)24(38)44-16(2)3;1-14(2)42-24(36)17(6)33-45(9,38)40-11-19-27(8,12-41-46(10,39)34-18(7)25(37)43-15(3)4)21(29)23(44-19)35-13-30-20-16(5)31-26(28)32-22(20)35;1-14(2)43-23(37)16(5)34-46(9,39)41-11-19-26(8,12-42-47(10,40)35-17(6)24(38)44-15(3)4)27(28,29)25(45-19)36-13-31-20-21(30)32-18(7)33-22(20)36;/h14-20,26H,11-13H2,1-10H3,(H,35,40)(H,36,41)(H,31,32,33);13-15,17-19,21,23H,11-12H2,1-10H3,(H,33,38)(H,34,39);13-17,19,25H,11-12H2,1-10H3,(H,34,39)(H,35,40)(H2,30,32,33);1H4/t18-,19-,20+,26+,27?,47?,48?;17-,18-,19+,21-,23-,27?,45?,46?;16-,17-,19+,25+,26?,46?,47?;/m000./s1. The number of hydrogen-bond donors (Lipinski definition) is 8. The van der Waals surface area contributed by atoms with E-state index in [9.17, 15) is 56.2 Å². The minimum atomic E-state index is -3.90. The van der Waals surface area contributed by atoms with Crippen LogP contribution in [0.3, 0.4) is 0 Å². The Bertz CT molecular complexity index is 5680. The predicted octanol–water partition coefficient (Wildman–Crippen LogP) is 13.3. The number of fused-ring (bicyclic) bond motifs is 3. The Hall–Kier alpha value is -7.21. The predicted molar refractivity (Wildman–Crippen MR) is 516 cm³/mol. The number of halogens is 6. The summed E-state index contributed by atoms with van der Waals surface area (Å²) in [4.78, 5) is 111. The summed E-state index contributed by atoms with van der Waals surface area (Å²) in [7, 11) is -22.8. The molecule has 0 aromatic carbocycles. The van der Waals surface area contributed by atoms with Gasteiger partial charge in [-0.05, 0) is 171 Å². The molecule has 9 rings (SSSR count). The Morgan fingerprint density at radius 1 is 0.430 bits per heavy atom. The number of alkyl halides is 5. The summed E-state index contributed by atoms with van der Waals surface area (Å²) in [5.41, 5.74) is 1.25. The monoisotopic (exact) mass is 2160 g/mol. The lowest BCUT2D eigenvalue weighted by molar-refractivity contribution is -0.151. The van der Waals surface area contributed by atoms with E-state index < -0.39 is 252 Å². The maximum atomic E-state index is 16.7. The molecule has 9 N–H and O–H groups in total. The number of nitrogens with two attached hydrogens (primary N) is 1. The summed E-state index contributed by atoms with van der Waals surface area (Å²) >= 11 is 6.08. The van der Waals surface area contributed by atoms with Crippen LogP contribution in [0.2, 0.25) is 5.28 Å². The molecule has 0 saturated carbocycles. The maximum Gasteiger partial charge on any atom is 0.323 e. The fourth-order valence-electron chi connectivity index (χ4n) is 14.4. The first-order chi connectivity index (χ1) is 64.8. The lowest BCUT2D eigenvalue weighted by atomic mass is 9.80. The molecule has 3 aliphatic heterocycles. The number of esters is 6. The van der Waals surface area contributed by atoms with Crippen LogP contribution in [0, 0.1) is 30.1 Å². The fraction of sp³-hybridized carbons (Fsp3) is 0.747. The van der Waals surface area contributed by atoms with Crippen molar-refractivity contribution in [2.75, 3.05) is 97.2 Å². The number of nitrogen functional groups attached to an aromatic ring is 1. The molecule has 9 heterocycles. The number of aromatic nitrogens is 12. The van der Waals surface area contributed by atoms with Crippen LogP contribution in [0.5, 0.6) is 0 Å². The van der Waals surface area contributed by atoms with Gasteiger partial charge in [0.1, 0.15) is 59.4 Å². The third-order valence-electron chi connectivity index (χ3n) is 21.7. The van der Waals surface area contributed by atoms with Gasteiger partial charge in [0.15, 0.2) is 46.5 Å². The van der Waals surface area contributed by atoms with Crippen LogP contribution in [-0.2, 0) is 126 Å². The Balaban J connectivity index is 0.000000325. The lowest BCUT2D eigenvalue weighted by Gasteiger charge is -2.35. The first-order valence-electron chi connectivity index (χ1n) is 45.1. The van der Waals surface area contributed by atoms with Gasteiger partial charge in [0.2, 0.25) is 17.7 Å². The maximum absolute atomic E-state index is 16.7. The third-order valence-corrected chi connectivity index (χ3v) is 30.8. The van der Waals surface area contributed by atoms with Crippen molar-refractivity contribution in [1.82, 2.24) is 89.1 Å². The molecule has 6 aromatic heterocycles. The number of rotatable bonds is 47. The van der Waals surface area contributed by atoms with Gasteiger partial charge in [-0.15, -0.1) is 0 Å². The average molecular weight is 2170 g/mol.